The number of halogens is 3. The first-order valence-electron chi connectivity index (χ1n) is 11.1. The molecule has 7 nitrogen and oxygen atoms in total. The molecule has 0 saturated heterocycles. The molecule has 3 aromatic heterocycles. The first-order chi connectivity index (χ1) is 17.3. The molecule has 0 aliphatic rings. The number of benzene rings is 1. The van der Waals surface area contributed by atoms with E-state index in [9.17, 15) is 26.7 Å². The fraction of sp³-hybridized carbons (Fsp3) is 0.231. The third kappa shape index (κ3) is 5.83. The van der Waals surface area contributed by atoms with E-state index >= 15 is 0 Å². The molecular formula is C26H23F3N4O3S. The van der Waals surface area contributed by atoms with Gasteiger partial charge in [0.05, 0.1) is 23.9 Å². The monoisotopic (exact) mass is 528 g/mol. The summed E-state index contributed by atoms with van der Waals surface area (Å²) >= 11 is 0. The molecule has 0 radical (unpaired) electrons. The Morgan fingerprint density at radius 2 is 1.73 bits per heavy atom. The van der Waals surface area contributed by atoms with Gasteiger partial charge >= 0.3 is 6.18 Å². The second-order valence-electron chi connectivity index (χ2n) is 9.13. The minimum atomic E-state index is -4.41. The maximum Gasteiger partial charge on any atom is 0.416 e. The molecule has 3 heterocycles. The van der Waals surface area contributed by atoms with E-state index in [1.54, 1.807) is 30.6 Å². The maximum absolute atomic E-state index is 12.9. The number of aryl methyl sites for hydroxylation is 1. The highest BCUT2D eigenvalue weighted by Crippen LogP contribution is 2.31. The van der Waals surface area contributed by atoms with Gasteiger partial charge < -0.3 is 5.11 Å². The number of aromatic nitrogens is 3. The van der Waals surface area contributed by atoms with Gasteiger partial charge in [-0.25, -0.2) is 18.1 Å². The molecule has 37 heavy (non-hydrogen) atoms. The molecule has 0 unspecified atom stereocenters. The Hall–Kier alpha value is -3.72. The second kappa shape index (κ2) is 9.63. The van der Waals surface area contributed by atoms with Gasteiger partial charge in [-0.2, -0.15) is 13.2 Å². The summed E-state index contributed by atoms with van der Waals surface area (Å²) in [4.78, 5) is 8.26. The normalized spacial score (nSPS) is 12.4. The van der Waals surface area contributed by atoms with Gasteiger partial charge in [-0.05, 0) is 67.6 Å². The lowest BCUT2D eigenvalue weighted by molar-refractivity contribution is -0.137. The van der Waals surface area contributed by atoms with Crippen LogP contribution in [0.2, 0.25) is 0 Å². The van der Waals surface area contributed by atoms with Gasteiger partial charge in [0.15, 0.2) is 0 Å². The van der Waals surface area contributed by atoms with Crippen molar-refractivity contribution in [2.24, 2.45) is 0 Å². The van der Waals surface area contributed by atoms with Crippen LogP contribution in [0.4, 0.5) is 13.2 Å². The van der Waals surface area contributed by atoms with Gasteiger partial charge in [0, 0.05) is 24.2 Å². The van der Waals surface area contributed by atoms with Gasteiger partial charge in [-0.1, -0.05) is 18.1 Å². The number of hydrogen-bond acceptors (Lipinski definition) is 5. The molecule has 0 spiro atoms. The molecule has 0 atom stereocenters. The Balaban J connectivity index is 1.68. The van der Waals surface area contributed by atoms with Gasteiger partial charge in [0.2, 0.25) is 10.0 Å². The van der Waals surface area contributed by atoms with Crippen LogP contribution in [-0.2, 0) is 16.2 Å². The molecule has 11 heteroatoms. The van der Waals surface area contributed by atoms with Gasteiger partial charge in [-0.3, -0.25) is 9.38 Å². The van der Waals surface area contributed by atoms with Crippen molar-refractivity contribution in [2.75, 3.05) is 6.61 Å². The number of alkyl halides is 3. The molecule has 0 bridgehead atoms. The number of aliphatic hydroxyl groups is 1. The molecule has 0 amide bonds. The Morgan fingerprint density at radius 1 is 1.03 bits per heavy atom. The third-order valence-corrected chi connectivity index (χ3v) is 7.16. The van der Waals surface area contributed by atoms with Crippen molar-refractivity contribution in [1.82, 2.24) is 19.1 Å². The zero-order valence-corrected chi connectivity index (χ0v) is 20.9. The lowest BCUT2D eigenvalue weighted by Gasteiger charge is -2.23. The van der Waals surface area contributed by atoms with Crippen molar-refractivity contribution in [2.45, 2.75) is 37.4 Å². The highest BCUT2D eigenvalue weighted by molar-refractivity contribution is 7.89. The molecule has 2 N–H and O–H groups in total. The SMILES string of the molecule is Cc1cc(-c2ccc(C(F)(F)F)cc2)cn2c(C#Cc3cncc(S(=O)(=O)NC(C)(C)CO)c3)cnc12. The Morgan fingerprint density at radius 3 is 2.38 bits per heavy atom. The van der Waals surface area contributed by atoms with E-state index < -0.39 is 27.3 Å². The summed E-state index contributed by atoms with van der Waals surface area (Å²) in [5, 5.41) is 9.37. The Bertz CT molecular complexity index is 1630. The van der Waals surface area contributed by atoms with Crippen LogP contribution < -0.4 is 4.72 Å². The first-order valence-corrected chi connectivity index (χ1v) is 12.5. The molecule has 0 saturated carbocycles. The van der Waals surface area contributed by atoms with Crippen LogP contribution in [-0.4, -0.2) is 40.0 Å². The molecule has 1 aromatic carbocycles. The fourth-order valence-corrected chi connectivity index (χ4v) is 4.98. The van der Waals surface area contributed by atoms with Gasteiger partial charge in [0.25, 0.3) is 0 Å². The fourth-order valence-electron chi connectivity index (χ4n) is 3.58. The summed E-state index contributed by atoms with van der Waals surface area (Å²) in [6.07, 6.45) is 1.50. The molecule has 4 aromatic rings. The highest BCUT2D eigenvalue weighted by Gasteiger charge is 2.30. The van der Waals surface area contributed by atoms with Crippen molar-refractivity contribution >= 4 is 15.7 Å². The third-order valence-electron chi connectivity index (χ3n) is 5.50. The Labute approximate surface area is 212 Å². The predicted octanol–water partition coefficient (Wildman–Crippen LogP) is 4.17. The lowest BCUT2D eigenvalue weighted by Crippen LogP contribution is -2.46. The predicted molar refractivity (Wildman–Crippen MR) is 132 cm³/mol. The smallest absolute Gasteiger partial charge is 0.394 e. The molecule has 4 rings (SSSR count). The van der Waals surface area contributed by atoms with E-state index in [0.717, 1.165) is 17.7 Å². The van der Waals surface area contributed by atoms with Gasteiger partial charge in [-0.15, -0.1) is 0 Å². The number of aliphatic hydroxyl groups excluding tert-OH is 1. The zero-order chi connectivity index (χ0) is 27.0. The second-order valence-corrected chi connectivity index (χ2v) is 10.8. The van der Waals surface area contributed by atoms with E-state index in [4.69, 9.17) is 0 Å². The van der Waals surface area contributed by atoms with E-state index in [1.165, 1.54) is 30.6 Å². The van der Waals surface area contributed by atoms with Crippen LogP contribution in [0.15, 0.2) is 66.1 Å². The van der Waals surface area contributed by atoms with Gasteiger partial charge in [0.1, 0.15) is 16.2 Å². The van der Waals surface area contributed by atoms with E-state index in [1.807, 2.05) is 13.0 Å². The van der Waals surface area contributed by atoms with Crippen molar-refractivity contribution in [3.8, 4) is 23.0 Å². The first kappa shape index (κ1) is 26.3. The number of imidazole rings is 1. The average molecular weight is 529 g/mol. The van der Waals surface area contributed by atoms with Crippen LogP contribution in [0.3, 0.4) is 0 Å². The number of nitrogens with one attached hydrogen (secondary N) is 1. The molecule has 0 aliphatic heterocycles. The quantitative estimate of drug-likeness (QED) is 0.379. The maximum atomic E-state index is 12.9. The molecular weight excluding hydrogens is 505 g/mol. The summed E-state index contributed by atoms with van der Waals surface area (Å²) < 4.78 is 68.3. The van der Waals surface area contributed by atoms with Crippen LogP contribution in [0, 0.1) is 18.8 Å². The Kier molecular flexibility index (Phi) is 6.85. The average Bonchev–Trinajstić information content (AvgIpc) is 3.25. The summed E-state index contributed by atoms with van der Waals surface area (Å²) in [5.74, 6) is 5.85. The van der Waals surface area contributed by atoms with Crippen LogP contribution in [0.5, 0.6) is 0 Å². The van der Waals surface area contributed by atoms with Crippen LogP contribution in [0.1, 0.15) is 36.2 Å². The van der Waals surface area contributed by atoms with Crippen molar-refractivity contribution in [1.29, 1.82) is 0 Å². The van der Waals surface area contributed by atoms with Crippen molar-refractivity contribution in [3.63, 3.8) is 0 Å². The minimum absolute atomic E-state index is 0.0978. The van der Waals surface area contributed by atoms with E-state index in [2.05, 4.69) is 26.5 Å². The van der Waals surface area contributed by atoms with Crippen LogP contribution >= 0.6 is 0 Å². The van der Waals surface area contributed by atoms with E-state index in [-0.39, 0.29) is 11.5 Å². The summed E-state index contributed by atoms with van der Waals surface area (Å²) in [6, 6.07) is 8.10. The largest absolute Gasteiger partial charge is 0.416 e. The van der Waals surface area contributed by atoms with Crippen molar-refractivity contribution in [3.05, 3.63) is 83.6 Å². The number of nitrogens with zero attached hydrogens (tertiary/aromatic N) is 3. The topological polar surface area (TPSA) is 96.6 Å². The number of hydrogen-bond donors (Lipinski definition) is 2. The van der Waals surface area contributed by atoms with Crippen LogP contribution in [0.25, 0.3) is 16.8 Å². The zero-order valence-electron chi connectivity index (χ0n) is 20.1. The minimum Gasteiger partial charge on any atom is -0.394 e. The highest BCUT2D eigenvalue weighted by atomic mass is 32.2. The number of sulfonamides is 1. The molecule has 192 valence electrons. The number of pyridine rings is 2. The standard InChI is InChI=1S/C26H23F3N4O3S/c1-17-10-20(19-5-7-21(8-6-19)26(27,28)29)15-33-22(13-31-24(17)33)9-4-18-11-23(14-30-12-18)37(35,36)32-25(2,3)16-34/h5-8,10-15,32,34H,16H2,1-3H3. The number of rotatable bonds is 5. The number of fused-ring (bicyclic) bond motifs is 1. The van der Waals surface area contributed by atoms with E-state index in [0.29, 0.717) is 28.0 Å². The summed E-state index contributed by atoms with van der Waals surface area (Å²) in [6.45, 7) is 4.55. The molecule has 0 fully saturated rings. The summed E-state index contributed by atoms with van der Waals surface area (Å²) in [5.41, 5.74) is 1.78. The summed E-state index contributed by atoms with van der Waals surface area (Å²) in [7, 11) is -3.94. The lowest BCUT2D eigenvalue weighted by atomic mass is 10.0. The van der Waals surface area contributed by atoms with Crippen molar-refractivity contribution < 1.29 is 26.7 Å². The molecule has 0 aliphatic carbocycles.